The van der Waals surface area contributed by atoms with E-state index in [4.69, 9.17) is 4.74 Å². The molecule has 0 bridgehead atoms. The highest BCUT2D eigenvalue weighted by Crippen LogP contribution is 2.25. The van der Waals surface area contributed by atoms with E-state index in [0.717, 1.165) is 29.8 Å². The zero-order chi connectivity index (χ0) is 16.9. The molecule has 0 atom stereocenters. The Morgan fingerprint density at radius 2 is 2.17 bits per heavy atom. The number of amides is 2. The number of rotatable bonds is 5. The number of carbonyl (C=O) groups excluding carboxylic acids is 2. The molecule has 1 aliphatic heterocycles. The highest BCUT2D eigenvalue weighted by atomic mass is 32.1. The van der Waals surface area contributed by atoms with Gasteiger partial charge in [0.2, 0.25) is 5.91 Å². The first-order valence-corrected chi connectivity index (χ1v) is 8.68. The van der Waals surface area contributed by atoms with E-state index in [-0.39, 0.29) is 11.8 Å². The Morgan fingerprint density at radius 1 is 1.38 bits per heavy atom. The minimum atomic E-state index is -0.102. The zero-order valence-electron chi connectivity index (χ0n) is 13.4. The number of carbonyl (C=O) groups is 2. The molecule has 1 aliphatic rings. The standard InChI is InChI=1S/C17H19N3O3S/c1-23-12-7-4-11(5-8-12)6-9-14(21)20-17-19-13-3-2-10-18-16(22)15(13)24-17/h4-5,7-8H,2-3,6,9-10H2,1H3,(H,18,22)(H,19,20,21). The highest BCUT2D eigenvalue weighted by molar-refractivity contribution is 7.17. The van der Waals surface area contributed by atoms with Crippen LogP contribution >= 0.6 is 11.3 Å². The van der Waals surface area contributed by atoms with Crippen molar-refractivity contribution in [1.29, 1.82) is 0 Å². The maximum absolute atomic E-state index is 12.1. The van der Waals surface area contributed by atoms with Crippen LogP contribution in [-0.2, 0) is 17.6 Å². The van der Waals surface area contributed by atoms with Gasteiger partial charge in [0.15, 0.2) is 5.13 Å². The predicted molar refractivity (Wildman–Crippen MR) is 92.7 cm³/mol. The van der Waals surface area contributed by atoms with Crippen LogP contribution in [0.1, 0.15) is 33.8 Å². The summed E-state index contributed by atoms with van der Waals surface area (Å²) in [5, 5.41) is 6.13. The second-order valence-corrected chi connectivity index (χ2v) is 6.55. The lowest BCUT2D eigenvalue weighted by molar-refractivity contribution is -0.116. The number of nitrogens with zero attached hydrogens (tertiary/aromatic N) is 1. The summed E-state index contributed by atoms with van der Waals surface area (Å²) in [5.41, 5.74) is 1.85. The number of benzene rings is 1. The summed E-state index contributed by atoms with van der Waals surface area (Å²) < 4.78 is 5.11. The molecule has 1 aromatic heterocycles. The first-order valence-electron chi connectivity index (χ1n) is 7.86. The Hall–Kier alpha value is -2.41. The summed E-state index contributed by atoms with van der Waals surface area (Å²) in [7, 11) is 1.62. The maximum Gasteiger partial charge on any atom is 0.263 e. The minimum Gasteiger partial charge on any atom is -0.497 e. The Morgan fingerprint density at radius 3 is 2.92 bits per heavy atom. The number of hydrogen-bond donors (Lipinski definition) is 2. The van der Waals surface area contributed by atoms with E-state index < -0.39 is 0 Å². The number of hydrogen-bond acceptors (Lipinski definition) is 5. The van der Waals surface area contributed by atoms with Crippen molar-refractivity contribution in [2.75, 3.05) is 19.0 Å². The molecule has 0 saturated carbocycles. The van der Waals surface area contributed by atoms with Crippen LogP contribution in [0.5, 0.6) is 5.75 Å². The van der Waals surface area contributed by atoms with Crippen LogP contribution in [0.3, 0.4) is 0 Å². The van der Waals surface area contributed by atoms with Crippen molar-refractivity contribution in [3.8, 4) is 5.75 Å². The van der Waals surface area contributed by atoms with Crippen molar-refractivity contribution < 1.29 is 14.3 Å². The van der Waals surface area contributed by atoms with Crippen molar-refractivity contribution in [3.05, 3.63) is 40.4 Å². The van der Waals surface area contributed by atoms with E-state index in [0.29, 0.717) is 29.4 Å². The van der Waals surface area contributed by atoms with Gasteiger partial charge in [-0.2, -0.15) is 0 Å². The summed E-state index contributed by atoms with van der Waals surface area (Å²) >= 11 is 1.24. The van der Waals surface area contributed by atoms with Gasteiger partial charge in [0.25, 0.3) is 5.91 Å². The third-order valence-corrected chi connectivity index (χ3v) is 4.84. The zero-order valence-corrected chi connectivity index (χ0v) is 14.2. The number of aryl methyl sites for hydroxylation is 2. The quantitative estimate of drug-likeness (QED) is 0.872. The number of methoxy groups -OCH3 is 1. The van der Waals surface area contributed by atoms with E-state index >= 15 is 0 Å². The van der Waals surface area contributed by atoms with Gasteiger partial charge in [-0.25, -0.2) is 4.98 Å². The van der Waals surface area contributed by atoms with Crippen LogP contribution < -0.4 is 15.4 Å². The monoisotopic (exact) mass is 345 g/mol. The van der Waals surface area contributed by atoms with Crippen LogP contribution in [0.4, 0.5) is 5.13 Å². The SMILES string of the molecule is COc1ccc(CCC(=O)Nc2nc3c(s2)C(=O)NCCC3)cc1. The fraction of sp³-hybridized carbons (Fsp3) is 0.353. The first kappa shape index (κ1) is 16.4. The molecule has 2 N–H and O–H groups in total. The molecule has 126 valence electrons. The number of anilines is 1. The Labute approximate surface area is 144 Å². The first-order chi connectivity index (χ1) is 11.7. The van der Waals surface area contributed by atoms with Crippen molar-refractivity contribution in [2.45, 2.75) is 25.7 Å². The number of fused-ring (bicyclic) bond motifs is 1. The predicted octanol–water partition coefficient (Wildman–Crippen LogP) is 2.40. The van der Waals surface area contributed by atoms with Gasteiger partial charge < -0.3 is 15.4 Å². The summed E-state index contributed by atoms with van der Waals surface area (Å²) in [6.45, 7) is 0.672. The molecular weight excluding hydrogens is 326 g/mol. The van der Waals surface area contributed by atoms with Crippen molar-refractivity contribution >= 4 is 28.3 Å². The molecule has 0 unspecified atom stereocenters. The summed E-state index contributed by atoms with van der Waals surface area (Å²) in [5.74, 6) is 0.597. The second-order valence-electron chi connectivity index (χ2n) is 5.55. The fourth-order valence-electron chi connectivity index (χ4n) is 2.52. The van der Waals surface area contributed by atoms with Gasteiger partial charge in [0.1, 0.15) is 10.6 Å². The largest absolute Gasteiger partial charge is 0.497 e. The highest BCUT2D eigenvalue weighted by Gasteiger charge is 2.21. The van der Waals surface area contributed by atoms with Crippen molar-refractivity contribution in [2.24, 2.45) is 0 Å². The summed E-state index contributed by atoms with van der Waals surface area (Å²) in [6.07, 6.45) is 2.63. The average molecular weight is 345 g/mol. The molecule has 6 nitrogen and oxygen atoms in total. The molecule has 3 rings (SSSR count). The van der Waals surface area contributed by atoms with Gasteiger partial charge in [-0.05, 0) is 37.0 Å². The van der Waals surface area contributed by atoms with Crippen LogP contribution in [-0.4, -0.2) is 30.5 Å². The molecule has 0 saturated heterocycles. The second kappa shape index (κ2) is 7.44. The lowest BCUT2D eigenvalue weighted by Crippen LogP contribution is -2.21. The lowest BCUT2D eigenvalue weighted by Gasteiger charge is -2.04. The number of aromatic nitrogens is 1. The molecule has 2 heterocycles. The topological polar surface area (TPSA) is 80.3 Å². The summed E-state index contributed by atoms with van der Waals surface area (Å²) in [6, 6.07) is 7.65. The minimum absolute atomic E-state index is 0.0984. The molecular formula is C17H19N3O3S. The van der Waals surface area contributed by atoms with Gasteiger partial charge in [-0.1, -0.05) is 23.5 Å². The van der Waals surface area contributed by atoms with Crippen molar-refractivity contribution in [3.63, 3.8) is 0 Å². The lowest BCUT2D eigenvalue weighted by atomic mass is 10.1. The van der Waals surface area contributed by atoms with E-state index in [9.17, 15) is 9.59 Å². The van der Waals surface area contributed by atoms with Gasteiger partial charge in [0, 0.05) is 13.0 Å². The molecule has 0 radical (unpaired) electrons. The van der Waals surface area contributed by atoms with Crippen LogP contribution in [0.15, 0.2) is 24.3 Å². The summed E-state index contributed by atoms with van der Waals surface area (Å²) in [4.78, 5) is 29.0. The van der Waals surface area contributed by atoms with E-state index in [1.807, 2.05) is 24.3 Å². The Bertz CT molecular complexity index is 740. The third-order valence-electron chi connectivity index (χ3n) is 3.83. The Balaban J connectivity index is 1.57. The Kier molecular flexibility index (Phi) is 5.10. The normalized spacial score (nSPS) is 13.6. The number of ether oxygens (including phenoxy) is 1. The van der Waals surface area contributed by atoms with E-state index in [1.165, 1.54) is 11.3 Å². The van der Waals surface area contributed by atoms with Crippen molar-refractivity contribution in [1.82, 2.24) is 10.3 Å². The molecule has 7 heteroatoms. The molecule has 2 aromatic rings. The fourth-order valence-corrected chi connectivity index (χ4v) is 3.47. The van der Waals surface area contributed by atoms with Crippen LogP contribution in [0.25, 0.3) is 0 Å². The van der Waals surface area contributed by atoms with Crippen LogP contribution in [0.2, 0.25) is 0 Å². The molecule has 24 heavy (non-hydrogen) atoms. The molecule has 0 aliphatic carbocycles. The van der Waals surface area contributed by atoms with Gasteiger partial charge >= 0.3 is 0 Å². The average Bonchev–Trinajstić information content (AvgIpc) is 2.92. The third kappa shape index (κ3) is 3.91. The van der Waals surface area contributed by atoms with E-state index in [1.54, 1.807) is 7.11 Å². The molecule has 2 amide bonds. The van der Waals surface area contributed by atoms with Crippen LogP contribution in [0, 0.1) is 0 Å². The number of nitrogens with one attached hydrogen (secondary N) is 2. The van der Waals surface area contributed by atoms with Gasteiger partial charge in [0.05, 0.1) is 12.8 Å². The van der Waals surface area contributed by atoms with Gasteiger partial charge in [-0.3, -0.25) is 9.59 Å². The smallest absolute Gasteiger partial charge is 0.263 e. The molecule has 0 spiro atoms. The molecule has 0 fully saturated rings. The van der Waals surface area contributed by atoms with E-state index in [2.05, 4.69) is 15.6 Å². The molecule has 1 aromatic carbocycles. The maximum atomic E-state index is 12.1. The van der Waals surface area contributed by atoms with Gasteiger partial charge in [-0.15, -0.1) is 0 Å². The number of thiazole rings is 1.